The van der Waals surface area contributed by atoms with Crippen molar-refractivity contribution >= 4 is 14.6 Å². The molecule has 0 amide bonds. The van der Waals surface area contributed by atoms with Gasteiger partial charge in [0.05, 0.1) is 7.11 Å². The van der Waals surface area contributed by atoms with Crippen LogP contribution in [0.4, 0.5) is 0 Å². The van der Waals surface area contributed by atoms with E-state index in [-0.39, 0.29) is 5.97 Å². The van der Waals surface area contributed by atoms with Crippen LogP contribution in [0.2, 0.25) is 0 Å². The van der Waals surface area contributed by atoms with Crippen molar-refractivity contribution in [1.82, 2.24) is 0 Å². The van der Waals surface area contributed by atoms with Crippen LogP contribution in [0.15, 0.2) is 12.2 Å². The molecule has 0 heterocycles. The zero-order valence-corrected chi connectivity index (χ0v) is 8.02. The lowest BCUT2D eigenvalue weighted by Gasteiger charge is -1.91. The lowest BCUT2D eigenvalue weighted by atomic mass is 10.4. The van der Waals surface area contributed by atoms with Crippen LogP contribution in [0.1, 0.15) is 6.92 Å². The zero-order valence-electron chi connectivity index (χ0n) is 7.02. The summed E-state index contributed by atoms with van der Waals surface area (Å²) >= 11 is 0. The number of rotatable bonds is 1. The molecule has 0 radical (unpaired) electrons. The van der Waals surface area contributed by atoms with Gasteiger partial charge in [-0.05, 0) is 20.3 Å². The first kappa shape index (κ1) is 12.3. The van der Waals surface area contributed by atoms with Crippen molar-refractivity contribution in [2.24, 2.45) is 0 Å². The largest absolute Gasteiger partial charge is 0.466 e. The standard InChI is InChI=1S/C5H8O2.C2H7P/c1-4(2)5(6)7-3;1-3-2/h1H2,2-3H3;3H,1-2H3. The molecule has 0 aliphatic heterocycles. The van der Waals surface area contributed by atoms with Crippen molar-refractivity contribution in [3.63, 3.8) is 0 Å². The first-order valence-electron chi connectivity index (χ1n) is 2.92. The van der Waals surface area contributed by atoms with Crippen molar-refractivity contribution in [3.8, 4) is 0 Å². The van der Waals surface area contributed by atoms with E-state index < -0.39 is 0 Å². The topological polar surface area (TPSA) is 26.3 Å². The van der Waals surface area contributed by atoms with E-state index in [1.165, 1.54) is 7.11 Å². The second-order valence-electron chi connectivity index (χ2n) is 1.77. The minimum Gasteiger partial charge on any atom is -0.466 e. The Balaban J connectivity index is 0. The number of methoxy groups -OCH3 is 1. The maximum Gasteiger partial charge on any atom is 0.332 e. The number of carbonyl (C=O) groups is 1. The lowest BCUT2D eigenvalue weighted by Crippen LogP contribution is -1.98. The van der Waals surface area contributed by atoms with E-state index >= 15 is 0 Å². The van der Waals surface area contributed by atoms with Crippen molar-refractivity contribution < 1.29 is 9.53 Å². The molecule has 0 aliphatic carbocycles. The molecule has 0 aromatic heterocycles. The van der Waals surface area contributed by atoms with Gasteiger partial charge >= 0.3 is 5.97 Å². The van der Waals surface area contributed by atoms with E-state index in [4.69, 9.17) is 0 Å². The monoisotopic (exact) mass is 162 g/mol. The van der Waals surface area contributed by atoms with Gasteiger partial charge in [-0.15, -0.1) is 8.58 Å². The van der Waals surface area contributed by atoms with Crippen LogP contribution in [0.3, 0.4) is 0 Å². The molecular weight excluding hydrogens is 147 g/mol. The number of hydrogen-bond donors (Lipinski definition) is 0. The van der Waals surface area contributed by atoms with Crippen molar-refractivity contribution in [3.05, 3.63) is 12.2 Å². The third-order valence-electron chi connectivity index (χ3n) is 0.534. The van der Waals surface area contributed by atoms with E-state index in [0.717, 1.165) is 8.58 Å². The third kappa shape index (κ3) is 10.6. The Kier molecular flexibility index (Phi) is 10.7. The van der Waals surface area contributed by atoms with Crippen molar-refractivity contribution in [1.29, 1.82) is 0 Å². The van der Waals surface area contributed by atoms with Gasteiger partial charge in [0, 0.05) is 5.57 Å². The molecule has 0 spiro atoms. The Morgan fingerprint density at radius 3 is 1.80 bits per heavy atom. The summed E-state index contributed by atoms with van der Waals surface area (Å²) in [6.45, 7) is 9.26. The van der Waals surface area contributed by atoms with Gasteiger partial charge in [0.2, 0.25) is 0 Å². The molecule has 0 aliphatic rings. The van der Waals surface area contributed by atoms with Gasteiger partial charge in [-0.2, -0.15) is 0 Å². The Bertz CT molecular complexity index is 110. The van der Waals surface area contributed by atoms with Crippen LogP contribution in [0.5, 0.6) is 0 Å². The fourth-order valence-corrected chi connectivity index (χ4v) is 0.174. The van der Waals surface area contributed by atoms with Crippen molar-refractivity contribution in [2.75, 3.05) is 20.4 Å². The Morgan fingerprint density at radius 1 is 1.50 bits per heavy atom. The highest BCUT2D eigenvalue weighted by Crippen LogP contribution is 1.87. The number of hydrogen-bond acceptors (Lipinski definition) is 2. The number of carbonyl (C=O) groups excluding carboxylic acids is 1. The second-order valence-corrected chi connectivity index (χ2v) is 2.77. The summed E-state index contributed by atoms with van der Waals surface area (Å²) in [6, 6.07) is 0. The van der Waals surface area contributed by atoms with E-state index in [0.29, 0.717) is 5.57 Å². The number of esters is 1. The molecule has 0 atom stereocenters. The zero-order chi connectivity index (χ0) is 8.57. The molecule has 60 valence electrons. The van der Waals surface area contributed by atoms with E-state index in [1.807, 2.05) is 0 Å². The first-order chi connectivity index (χ1) is 4.59. The van der Waals surface area contributed by atoms with Gasteiger partial charge in [0.1, 0.15) is 0 Å². The lowest BCUT2D eigenvalue weighted by molar-refractivity contribution is -0.136. The maximum atomic E-state index is 10.2. The van der Waals surface area contributed by atoms with Crippen LogP contribution >= 0.6 is 8.58 Å². The highest BCUT2D eigenvalue weighted by molar-refractivity contribution is 7.35. The molecule has 2 nitrogen and oxygen atoms in total. The van der Waals surface area contributed by atoms with Crippen molar-refractivity contribution in [2.45, 2.75) is 6.92 Å². The minimum atomic E-state index is -0.347. The van der Waals surface area contributed by atoms with Gasteiger partial charge in [-0.1, -0.05) is 6.58 Å². The molecule has 0 fully saturated rings. The molecule has 0 aromatic carbocycles. The maximum absolute atomic E-state index is 10.2. The average molecular weight is 162 g/mol. The van der Waals surface area contributed by atoms with Crippen LogP contribution in [0.25, 0.3) is 0 Å². The quantitative estimate of drug-likeness (QED) is 0.333. The summed E-state index contributed by atoms with van der Waals surface area (Å²) in [6.07, 6.45) is 0. The van der Waals surface area contributed by atoms with Crippen LogP contribution in [-0.4, -0.2) is 26.4 Å². The Morgan fingerprint density at radius 2 is 1.80 bits per heavy atom. The summed E-state index contributed by atoms with van der Waals surface area (Å²) < 4.78 is 4.27. The molecule has 0 unspecified atom stereocenters. The molecule has 0 aromatic rings. The fraction of sp³-hybridized carbons (Fsp3) is 0.571. The van der Waals surface area contributed by atoms with E-state index in [2.05, 4.69) is 24.6 Å². The molecule has 0 saturated carbocycles. The van der Waals surface area contributed by atoms with Gasteiger partial charge in [-0.3, -0.25) is 0 Å². The molecule has 3 heteroatoms. The molecular formula is C7H15O2P. The first-order valence-corrected chi connectivity index (χ1v) is 4.92. The SMILES string of the molecule is C=C(C)C(=O)OC.CPC. The Labute approximate surface area is 64.4 Å². The third-order valence-corrected chi connectivity index (χ3v) is 0.534. The van der Waals surface area contributed by atoms with Gasteiger partial charge in [0.25, 0.3) is 0 Å². The van der Waals surface area contributed by atoms with Gasteiger partial charge in [-0.25, -0.2) is 4.79 Å². The summed E-state index contributed by atoms with van der Waals surface area (Å²) in [5, 5.41) is 0. The van der Waals surface area contributed by atoms with Gasteiger partial charge in [0.15, 0.2) is 0 Å². The van der Waals surface area contributed by atoms with Crippen LogP contribution < -0.4 is 0 Å². The summed E-state index contributed by atoms with van der Waals surface area (Å²) in [5.41, 5.74) is 0.433. The smallest absolute Gasteiger partial charge is 0.332 e. The predicted molar refractivity (Wildman–Crippen MR) is 47.0 cm³/mol. The molecule has 0 rings (SSSR count). The van der Waals surface area contributed by atoms with E-state index in [1.54, 1.807) is 6.92 Å². The number of ether oxygens (including phenoxy) is 1. The summed E-state index contributed by atoms with van der Waals surface area (Å²) in [7, 11) is 2.41. The van der Waals surface area contributed by atoms with Gasteiger partial charge < -0.3 is 4.74 Å². The fourth-order valence-electron chi connectivity index (χ4n) is 0.174. The highest BCUT2D eigenvalue weighted by atomic mass is 31.1. The summed E-state index contributed by atoms with van der Waals surface area (Å²) in [5.74, 6) is -0.347. The van der Waals surface area contributed by atoms with E-state index in [9.17, 15) is 4.79 Å². The average Bonchev–Trinajstić information content (AvgIpc) is 1.88. The molecule has 0 N–H and O–H groups in total. The molecule has 0 saturated heterocycles. The minimum absolute atomic E-state index is 0.347. The van der Waals surface area contributed by atoms with Crippen LogP contribution in [-0.2, 0) is 9.53 Å². The highest BCUT2D eigenvalue weighted by Gasteiger charge is 1.95. The molecule has 10 heavy (non-hydrogen) atoms. The summed E-state index contributed by atoms with van der Waals surface area (Å²) in [4.78, 5) is 10.2. The van der Waals surface area contributed by atoms with Crippen LogP contribution in [0, 0.1) is 0 Å². The normalized spacial score (nSPS) is 7.20. The predicted octanol–water partition coefficient (Wildman–Crippen LogP) is 1.66. The molecule has 0 bridgehead atoms. The second kappa shape index (κ2) is 8.64. The Hall–Kier alpha value is -0.360.